The highest BCUT2D eigenvalue weighted by atomic mass is 35.5. The van der Waals surface area contributed by atoms with Gasteiger partial charge in [0.2, 0.25) is 0 Å². The summed E-state index contributed by atoms with van der Waals surface area (Å²) < 4.78 is 1.90. The minimum atomic E-state index is -0.256. The van der Waals surface area contributed by atoms with E-state index in [1.54, 1.807) is 6.20 Å². The predicted octanol–water partition coefficient (Wildman–Crippen LogP) is 3.79. The van der Waals surface area contributed by atoms with E-state index in [2.05, 4.69) is 15.1 Å². The minimum Gasteiger partial charge on any atom is -0.322 e. The van der Waals surface area contributed by atoms with Crippen molar-refractivity contribution in [1.29, 1.82) is 0 Å². The van der Waals surface area contributed by atoms with E-state index in [1.807, 2.05) is 72.4 Å². The highest BCUT2D eigenvalue weighted by Crippen LogP contribution is 2.24. The Balaban J connectivity index is 0.00000196. The van der Waals surface area contributed by atoms with Crippen LogP contribution >= 0.6 is 12.4 Å². The first kappa shape index (κ1) is 18.0. The topological polar surface area (TPSA) is 69.6 Å². The van der Waals surface area contributed by atoms with Gasteiger partial charge in [0.1, 0.15) is 0 Å². The van der Waals surface area contributed by atoms with Crippen LogP contribution in [0.2, 0.25) is 0 Å². The summed E-state index contributed by atoms with van der Waals surface area (Å²) in [5.74, 6) is 0. The molecule has 0 radical (unpaired) electrons. The van der Waals surface area contributed by atoms with Crippen LogP contribution in [0, 0.1) is 6.92 Å². The monoisotopic (exact) mass is 365 g/mol. The summed E-state index contributed by atoms with van der Waals surface area (Å²) in [7, 11) is 0. The van der Waals surface area contributed by atoms with Crippen molar-refractivity contribution in [2.75, 3.05) is 0 Å². The highest BCUT2D eigenvalue weighted by molar-refractivity contribution is 5.85. The van der Waals surface area contributed by atoms with Crippen molar-refractivity contribution < 1.29 is 0 Å². The molecule has 132 valence electrons. The van der Waals surface area contributed by atoms with E-state index in [9.17, 15) is 0 Å². The normalized spacial score (nSPS) is 11.9. The number of nitrogens with zero attached hydrogens (tertiary/aromatic N) is 4. The lowest BCUT2D eigenvalue weighted by Gasteiger charge is -2.16. The van der Waals surface area contributed by atoms with Crippen molar-refractivity contribution in [3.8, 4) is 5.69 Å². The molecule has 0 aliphatic carbocycles. The second-order valence-electron chi connectivity index (χ2n) is 6.10. The molecule has 1 aromatic carbocycles. The van der Waals surface area contributed by atoms with E-state index in [0.717, 1.165) is 33.7 Å². The predicted molar refractivity (Wildman–Crippen MR) is 106 cm³/mol. The van der Waals surface area contributed by atoms with Gasteiger partial charge in [-0.3, -0.25) is 9.97 Å². The fourth-order valence-corrected chi connectivity index (χ4v) is 3.07. The third kappa shape index (κ3) is 3.45. The number of rotatable bonds is 4. The van der Waals surface area contributed by atoms with Gasteiger partial charge in [-0.1, -0.05) is 24.3 Å². The van der Waals surface area contributed by atoms with Gasteiger partial charge in [-0.2, -0.15) is 5.10 Å². The minimum absolute atomic E-state index is 0. The maximum Gasteiger partial charge on any atom is 0.0884 e. The van der Waals surface area contributed by atoms with Crippen molar-refractivity contribution in [3.63, 3.8) is 0 Å². The quantitative estimate of drug-likeness (QED) is 0.597. The Hall–Kier alpha value is -2.76. The number of aryl methyl sites for hydroxylation is 1. The zero-order chi connectivity index (χ0) is 17.2. The number of aromatic nitrogens is 4. The lowest BCUT2D eigenvalue weighted by molar-refractivity contribution is 0.671. The third-order valence-electron chi connectivity index (χ3n) is 4.25. The van der Waals surface area contributed by atoms with E-state index in [4.69, 9.17) is 5.73 Å². The number of hydrogen-bond donors (Lipinski definition) is 1. The van der Waals surface area contributed by atoms with Crippen molar-refractivity contribution >= 4 is 23.3 Å². The Labute approximate surface area is 158 Å². The number of fused-ring (bicyclic) bond motifs is 1. The number of hydrogen-bond acceptors (Lipinski definition) is 4. The Kier molecular flexibility index (Phi) is 5.30. The smallest absolute Gasteiger partial charge is 0.0884 e. The number of halogens is 1. The molecule has 0 aliphatic rings. The van der Waals surface area contributed by atoms with Crippen molar-refractivity contribution in [2.24, 2.45) is 5.73 Å². The molecular weight excluding hydrogens is 346 g/mol. The lowest BCUT2D eigenvalue weighted by atomic mass is 10.1. The Bertz CT molecular complexity index is 1030. The molecule has 0 fully saturated rings. The Morgan fingerprint density at radius 2 is 1.88 bits per heavy atom. The molecule has 2 N–H and O–H groups in total. The van der Waals surface area contributed by atoms with Gasteiger partial charge in [-0.15, -0.1) is 12.4 Å². The van der Waals surface area contributed by atoms with Crippen molar-refractivity contribution in [2.45, 2.75) is 19.4 Å². The number of nitrogens with two attached hydrogens (primary N) is 1. The zero-order valence-corrected chi connectivity index (χ0v) is 15.2. The number of pyridine rings is 2. The average Bonchev–Trinajstić information content (AvgIpc) is 3.06. The van der Waals surface area contributed by atoms with Gasteiger partial charge in [0.05, 0.1) is 29.1 Å². The largest absolute Gasteiger partial charge is 0.322 e. The summed E-state index contributed by atoms with van der Waals surface area (Å²) in [6.45, 7) is 1.98. The van der Waals surface area contributed by atoms with Crippen LogP contribution in [-0.2, 0) is 6.42 Å². The van der Waals surface area contributed by atoms with Crippen LogP contribution in [-0.4, -0.2) is 19.7 Å². The van der Waals surface area contributed by atoms with E-state index >= 15 is 0 Å². The van der Waals surface area contributed by atoms with Crippen LogP contribution in [0.4, 0.5) is 0 Å². The SMILES string of the molecule is Cc1cccc(C[C@H](N)c2ncccc2-n2ncc3ccccc32)n1.Cl. The van der Waals surface area contributed by atoms with Gasteiger partial charge >= 0.3 is 0 Å². The molecule has 0 unspecified atom stereocenters. The summed E-state index contributed by atoms with van der Waals surface area (Å²) in [5, 5.41) is 5.62. The molecular formula is C20H20ClN5. The summed E-state index contributed by atoms with van der Waals surface area (Å²) in [6.07, 6.45) is 4.26. The van der Waals surface area contributed by atoms with Gasteiger partial charge in [0.25, 0.3) is 0 Å². The molecule has 26 heavy (non-hydrogen) atoms. The summed E-state index contributed by atoms with van der Waals surface area (Å²) in [6, 6.07) is 17.8. The molecule has 6 heteroatoms. The van der Waals surface area contributed by atoms with E-state index in [0.29, 0.717) is 6.42 Å². The standard InChI is InChI=1S/C20H19N5.ClH/c1-14-6-4-8-16(24-14)12-17(21)20-19(10-5-11-22-20)25-18-9-3-2-7-15(18)13-23-25;/h2-11,13,17H,12,21H2,1H3;1H/t17-;/m0./s1. The molecule has 5 nitrogen and oxygen atoms in total. The first-order chi connectivity index (χ1) is 12.2. The second kappa shape index (κ2) is 7.64. The summed E-state index contributed by atoms with van der Waals surface area (Å²) in [5.41, 5.74) is 11.2. The summed E-state index contributed by atoms with van der Waals surface area (Å²) >= 11 is 0. The highest BCUT2D eigenvalue weighted by Gasteiger charge is 2.17. The molecule has 4 aromatic rings. The van der Waals surface area contributed by atoms with Gasteiger partial charge in [-0.25, -0.2) is 4.68 Å². The fourth-order valence-electron chi connectivity index (χ4n) is 3.07. The average molecular weight is 366 g/mol. The van der Waals surface area contributed by atoms with Gasteiger partial charge in [0.15, 0.2) is 0 Å². The molecule has 0 saturated carbocycles. The van der Waals surface area contributed by atoms with Gasteiger partial charge < -0.3 is 5.73 Å². The molecule has 3 heterocycles. The van der Waals surface area contributed by atoms with E-state index in [1.165, 1.54) is 0 Å². The summed E-state index contributed by atoms with van der Waals surface area (Å²) in [4.78, 5) is 9.10. The van der Waals surface area contributed by atoms with E-state index in [-0.39, 0.29) is 18.4 Å². The molecule has 0 bridgehead atoms. The maximum absolute atomic E-state index is 6.48. The van der Waals surface area contributed by atoms with Crippen LogP contribution in [0.5, 0.6) is 0 Å². The number of benzene rings is 1. The van der Waals surface area contributed by atoms with Crippen molar-refractivity contribution in [3.05, 3.63) is 84.1 Å². The van der Waals surface area contributed by atoms with Gasteiger partial charge in [-0.05, 0) is 37.3 Å². The molecule has 0 amide bonds. The van der Waals surface area contributed by atoms with Crippen LogP contribution < -0.4 is 5.73 Å². The van der Waals surface area contributed by atoms with Crippen LogP contribution in [0.25, 0.3) is 16.6 Å². The molecule has 1 atom stereocenters. The maximum atomic E-state index is 6.48. The molecule has 4 rings (SSSR count). The Morgan fingerprint density at radius 3 is 2.73 bits per heavy atom. The molecule has 0 saturated heterocycles. The first-order valence-corrected chi connectivity index (χ1v) is 8.28. The molecule has 0 spiro atoms. The zero-order valence-electron chi connectivity index (χ0n) is 14.4. The molecule has 0 aliphatic heterocycles. The van der Waals surface area contributed by atoms with Crippen LogP contribution in [0.15, 0.2) is 67.0 Å². The fraction of sp³-hybridized carbons (Fsp3) is 0.150. The van der Waals surface area contributed by atoms with Crippen LogP contribution in [0.1, 0.15) is 23.1 Å². The van der Waals surface area contributed by atoms with Crippen molar-refractivity contribution in [1.82, 2.24) is 19.7 Å². The second-order valence-corrected chi connectivity index (χ2v) is 6.10. The van der Waals surface area contributed by atoms with E-state index < -0.39 is 0 Å². The van der Waals surface area contributed by atoms with Crippen LogP contribution in [0.3, 0.4) is 0 Å². The first-order valence-electron chi connectivity index (χ1n) is 8.28. The Morgan fingerprint density at radius 1 is 1.04 bits per heavy atom. The van der Waals surface area contributed by atoms with Gasteiger partial charge in [0, 0.05) is 29.4 Å². The molecule has 3 aromatic heterocycles. The lowest BCUT2D eigenvalue weighted by Crippen LogP contribution is -2.18. The third-order valence-corrected chi connectivity index (χ3v) is 4.25. The number of para-hydroxylation sites is 1.